The first-order chi connectivity index (χ1) is 8.69. The Morgan fingerprint density at radius 2 is 1.44 bits per heavy atom. The predicted octanol–water partition coefficient (Wildman–Crippen LogP) is 2.94. The minimum atomic E-state index is 0.103. The average Bonchev–Trinajstić information content (AvgIpc) is 2.38. The van der Waals surface area contributed by atoms with E-state index < -0.39 is 0 Å². The van der Waals surface area contributed by atoms with Crippen LogP contribution in [0.15, 0.2) is 36.4 Å². The van der Waals surface area contributed by atoms with Crippen molar-refractivity contribution in [2.24, 2.45) is 0 Å². The van der Waals surface area contributed by atoms with E-state index in [2.05, 4.69) is 9.97 Å². The topological polar surface area (TPSA) is 44.2 Å². The van der Waals surface area contributed by atoms with Crippen molar-refractivity contribution < 1.29 is 9.47 Å². The van der Waals surface area contributed by atoms with Crippen LogP contribution in [0.25, 0.3) is 11.4 Å². The fraction of sp³-hybridized carbons (Fsp3) is 0.286. The highest BCUT2D eigenvalue weighted by atomic mass is 16.5. The molecule has 0 aliphatic rings. The Hall–Kier alpha value is -2.10. The standard InChI is InChI=1S/C14H16N2O2/c1-10(2)18-14-9-5-7-12(16-14)11-6-4-8-13(15-11)17-3/h4-10H,1-3H3. The van der Waals surface area contributed by atoms with Gasteiger partial charge in [0.1, 0.15) is 0 Å². The monoisotopic (exact) mass is 244 g/mol. The van der Waals surface area contributed by atoms with Crippen molar-refractivity contribution in [2.45, 2.75) is 20.0 Å². The lowest BCUT2D eigenvalue weighted by Crippen LogP contribution is -2.07. The van der Waals surface area contributed by atoms with Gasteiger partial charge < -0.3 is 9.47 Å². The van der Waals surface area contributed by atoms with Crippen LogP contribution in [0.1, 0.15) is 13.8 Å². The van der Waals surface area contributed by atoms with Gasteiger partial charge in [-0.15, -0.1) is 0 Å². The van der Waals surface area contributed by atoms with Gasteiger partial charge in [-0.3, -0.25) is 0 Å². The molecule has 0 aliphatic carbocycles. The van der Waals surface area contributed by atoms with Crippen LogP contribution in [0, 0.1) is 0 Å². The predicted molar refractivity (Wildman–Crippen MR) is 69.8 cm³/mol. The summed E-state index contributed by atoms with van der Waals surface area (Å²) in [4.78, 5) is 8.76. The van der Waals surface area contributed by atoms with Crippen molar-refractivity contribution in [1.82, 2.24) is 9.97 Å². The molecular formula is C14H16N2O2. The molecule has 4 heteroatoms. The quantitative estimate of drug-likeness (QED) is 0.829. The normalized spacial score (nSPS) is 10.4. The van der Waals surface area contributed by atoms with Crippen LogP contribution in [-0.2, 0) is 0 Å². The highest BCUT2D eigenvalue weighted by Crippen LogP contribution is 2.20. The van der Waals surface area contributed by atoms with Gasteiger partial charge in [0, 0.05) is 12.1 Å². The molecule has 0 saturated heterocycles. The van der Waals surface area contributed by atoms with Gasteiger partial charge in [-0.1, -0.05) is 12.1 Å². The maximum absolute atomic E-state index is 5.56. The Balaban J connectivity index is 2.32. The first-order valence-electron chi connectivity index (χ1n) is 5.84. The Kier molecular flexibility index (Phi) is 3.77. The summed E-state index contributed by atoms with van der Waals surface area (Å²) in [5.41, 5.74) is 1.54. The van der Waals surface area contributed by atoms with E-state index in [1.165, 1.54) is 0 Å². The van der Waals surface area contributed by atoms with Gasteiger partial charge >= 0.3 is 0 Å². The number of nitrogens with zero attached hydrogens (tertiary/aromatic N) is 2. The van der Waals surface area contributed by atoms with Crippen molar-refractivity contribution in [3.63, 3.8) is 0 Å². The van der Waals surface area contributed by atoms with Crippen molar-refractivity contribution in [3.8, 4) is 23.1 Å². The lowest BCUT2D eigenvalue weighted by Gasteiger charge is -2.09. The summed E-state index contributed by atoms with van der Waals surface area (Å²) in [5, 5.41) is 0. The van der Waals surface area contributed by atoms with E-state index in [1.54, 1.807) is 13.2 Å². The van der Waals surface area contributed by atoms with Crippen LogP contribution in [0.2, 0.25) is 0 Å². The van der Waals surface area contributed by atoms with Crippen molar-refractivity contribution in [2.75, 3.05) is 7.11 Å². The largest absolute Gasteiger partial charge is 0.481 e. The van der Waals surface area contributed by atoms with Gasteiger partial charge in [-0.2, -0.15) is 0 Å². The molecule has 4 nitrogen and oxygen atoms in total. The first kappa shape index (κ1) is 12.4. The molecular weight excluding hydrogens is 228 g/mol. The molecule has 0 radical (unpaired) electrons. The van der Waals surface area contributed by atoms with Gasteiger partial charge in [0.15, 0.2) is 0 Å². The molecule has 0 fully saturated rings. The lowest BCUT2D eigenvalue weighted by atomic mass is 10.2. The fourth-order valence-electron chi connectivity index (χ4n) is 1.54. The van der Waals surface area contributed by atoms with E-state index in [1.807, 2.05) is 44.2 Å². The molecule has 94 valence electrons. The number of methoxy groups -OCH3 is 1. The number of hydrogen-bond acceptors (Lipinski definition) is 4. The highest BCUT2D eigenvalue weighted by Gasteiger charge is 2.05. The number of rotatable bonds is 4. The fourth-order valence-corrected chi connectivity index (χ4v) is 1.54. The molecule has 0 aromatic carbocycles. The third kappa shape index (κ3) is 2.97. The molecule has 0 aliphatic heterocycles. The highest BCUT2D eigenvalue weighted by molar-refractivity contribution is 5.55. The summed E-state index contributed by atoms with van der Waals surface area (Å²) in [6.45, 7) is 3.94. The van der Waals surface area contributed by atoms with Crippen LogP contribution in [-0.4, -0.2) is 23.2 Å². The minimum absolute atomic E-state index is 0.103. The summed E-state index contributed by atoms with van der Waals surface area (Å²) >= 11 is 0. The van der Waals surface area contributed by atoms with E-state index in [0.717, 1.165) is 11.4 Å². The van der Waals surface area contributed by atoms with E-state index in [4.69, 9.17) is 9.47 Å². The zero-order chi connectivity index (χ0) is 13.0. The zero-order valence-electron chi connectivity index (χ0n) is 10.8. The summed E-state index contributed by atoms with van der Waals surface area (Å²) in [6.07, 6.45) is 0.103. The number of aromatic nitrogens is 2. The van der Waals surface area contributed by atoms with Gasteiger partial charge in [-0.25, -0.2) is 9.97 Å². The van der Waals surface area contributed by atoms with E-state index in [9.17, 15) is 0 Å². The van der Waals surface area contributed by atoms with E-state index in [-0.39, 0.29) is 6.10 Å². The Morgan fingerprint density at radius 1 is 0.889 bits per heavy atom. The molecule has 2 aromatic rings. The molecule has 2 rings (SSSR count). The Morgan fingerprint density at radius 3 is 2.00 bits per heavy atom. The molecule has 0 unspecified atom stereocenters. The first-order valence-corrected chi connectivity index (χ1v) is 5.84. The summed E-state index contributed by atoms with van der Waals surface area (Å²) < 4.78 is 10.7. The molecule has 2 heterocycles. The third-order valence-corrected chi connectivity index (χ3v) is 2.28. The zero-order valence-corrected chi connectivity index (χ0v) is 10.8. The molecule has 0 N–H and O–H groups in total. The van der Waals surface area contributed by atoms with Crippen molar-refractivity contribution >= 4 is 0 Å². The van der Waals surface area contributed by atoms with Crippen LogP contribution >= 0.6 is 0 Å². The molecule has 0 atom stereocenters. The summed E-state index contributed by atoms with van der Waals surface area (Å²) in [7, 11) is 1.60. The van der Waals surface area contributed by atoms with Crippen molar-refractivity contribution in [3.05, 3.63) is 36.4 Å². The minimum Gasteiger partial charge on any atom is -0.481 e. The second-order valence-corrected chi connectivity index (χ2v) is 4.09. The van der Waals surface area contributed by atoms with Gasteiger partial charge in [0.25, 0.3) is 0 Å². The number of pyridine rings is 2. The number of hydrogen-bond donors (Lipinski definition) is 0. The van der Waals surface area contributed by atoms with Gasteiger partial charge in [0.05, 0.1) is 24.6 Å². The van der Waals surface area contributed by atoms with Crippen LogP contribution in [0.5, 0.6) is 11.8 Å². The number of ether oxygens (including phenoxy) is 2. The molecule has 18 heavy (non-hydrogen) atoms. The smallest absolute Gasteiger partial charge is 0.214 e. The van der Waals surface area contributed by atoms with Crippen LogP contribution in [0.4, 0.5) is 0 Å². The second-order valence-electron chi connectivity index (χ2n) is 4.09. The van der Waals surface area contributed by atoms with E-state index in [0.29, 0.717) is 11.8 Å². The van der Waals surface area contributed by atoms with Gasteiger partial charge in [-0.05, 0) is 26.0 Å². The van der Waals surface area contributed by atoms with Crippen LogP contribution < -0.4 is 9.47 Å². The molecule has 0 saturated carbocycles. The SMILES string of the molecule is COc1cccc(-c2cccc(OC(C)C)n2)n1. The molecule has 0 amide bonds. The molecule has 2 aromatic heterocycles. The Bertz CT molecular complexity index is 527. The maximum atomic E-state index is 5.56. The Labute approximate surface area is 107 Å². The molecule has 0 bridgehead atoms. The third-order valence-electron chi connectivity index (χ3n) is 2.28. The summed E-state index contributed by atoms with van der Waals surface area (Å²) in [5.74, 6) is 1.18. The molecule has 0 spiro atoms. The second kappa shape index (κ2) is 5.49. The summed E-state index contributed by atoms with van der Waals surface area (Å²) in [6, 6.07) is 11.2. The van der Waals surface area contributed by atoms with Crippen molar-refractivity contribution in [1.29, 1.82) is 0 Å². The van der Waals surface area contributed by atoms with E-state index >= 15 is 0 Å². The lowest BCUT2D eigenvalue weighted by molar-refractivity contribution is 0.233. The van der Waals surface area contributed by atoms with Crippen LogP contribution in [0.3, 0.4) is 0 Å². The maximum Gasteiger partial charge on any atom is 0.214 e. The average molecular weight is 244 g/mol. The van der Waals surface area contributed by atoms with Gasteiger partial charge in [0.2, 0.25) is 11.8 Å².